The molecule has 0 aliphatic carbocycles. The molecule has 1 atom stereocenters. The number of nitrogens with zero attached hydrogens (tertiary/aromatic N) is 1. The zero-order chi connectivity index (χ0) is 13.8. The number of carbonyl (C=O) groups excluding carboxylic acids is 1. The van der Waals surface area contributed by atoms with Crippen molar-refractivity contribution in [2.24, 2.45) is 0 Å². The van der Waals surface area contributed by atoms with Crippen LogP contribution in [0.5, 0.6) is 0 Å². The molecule has 0 unspecified atom stereocenters. The minimum atomic E-state index is -0.405. The van der Waals surface area contributed by atoms with Gasteiger partial charge in [-0.15, -0.1) is 11.8 Å². The normalized spacial score (nSPS) is 12.1. The lowest BCUT2D eigenvalue weighted by Gasteiger charge is -2.10. The van der Waals surface area contributed by atoms with E-state index in [4.69, 9.17) is 5.73 Å². The molecule has 0 bridgehead atoms. The predicted octanol–water partition coefficient (Wildman–Crippen LogP) is 3.70. The Labute approximate surface area is 124 Å². The molecule has 1 heterocycles. The molecule has 1 aromatic heterocycles. The number of pyridine rings is 1. The van der Waals surface area contributed by atoms with Gasteiger partial charge in [0.2, 0.25) is 0 Å². The summed E-state index contributed by atoms with van der Waals surface area (Å²) in [6.45, 7) is 0. The first kappa shape index (κ1) is 14.1. The van der Waals surface area contributed by atoms with Crippen LogP contribution in [0.1, 0.15) is 20.7 Å². The van der Waals surface area contributed by atoms with Crippen LogP contribution in [-0.4, -0.2) is 17.0 Å². The van der Waals surface area contributed by atoms with Crippen LogP contribution >= 0.6 is 27.7 Å². The predicted molar refractivity (Wildman–Crippen MR) is 82.9 cm³/mol. The molecule has 2 rings (SSSR count). The zero-order valence-electron chi connectivity index (χ0n) is 10.3. The Bertz CT molecular complexity index is 586. The van der Waals surface area contributed by atoms with Crippen molar-refractivity contribution >= 4 is 39.3 Å². The molecule has 0 aliphatic heterocycles. The summed E-state index contributed by atoms with van der Waals surface area (Å²) < 4.78 is 0. The fourth-order valence-corrected chi connectivity index (χ4v) is 2.63. The number of Topliss-reactive ketones (excluding diaryl/α,β-unsaturated/α-hetero) is 1. The number of nitrogen functional groups attached to an aromatic ring is 1. The summed E-state index contributed by atoms with van der Waals surface area (Å²) in [6, 6.07) is 11.1. The summed E-state index contributed by atoms with van der Waals surface area (Å²) in [6.07, 6.45) is 3.60. The number of benzene rings is 1. The van der Waals surface area contributed by atoms with Crippen molar-refractivity contribution < 1.29 is 4.79 Å². The Balaban J connectivity index is 2.23. The Hall–Kier alpha value is -1.33. The average molecular weight is 337 g/mol. The molecular weight excluding hydrogens is 324 g/mol. The SMILES string of the molecule is CSc1ccc(C(=O)[C@@H](Br)c2ccnc(N)c2)cc1. The van der Waals surface area contributed by atoms with E-state index < -0.39 is 4.83 Å². The minimum absolute atomic E-state index is 0.0123. The van der Waals surface area contributed by atoms with E-state index in [2.05, 4.69) is 20.9 Å². The van der Waals surface area contributed by atoms with E-state index in [1.54, 1.807) is 30.1 Å². The highest BCUT2D eigenvalue weighted by atomic mass is 79.9. The monoisotopic (exact) mass is 336 g/mol. The van der Waals surface area contributed by atoms with Gasteiger partial charge in [-0.3, -0.25) is 4.79 Å². The highest BCUT2D eigenvalue weighted by Gasteiger charge is 2.19. The van der Waals surface area contributed by atoms with Gasteiger partial charge in [0.1, 0.15) is 10.6 Å². The fourth-order valence-electron chi connectivity index (χ4n) is 1.68. The number of aromatic nitrogens is 1. The van der Waals surface area contributed by atoms with Gasteiger partial charge < -0.3 is 5.73 Å². The molecule has 2 aromatic rings. The van der Waals surface area contributed by atoms with Crippen LogP contribution < -0.4 is 5.73 Å². The third-order valence-corrected chi connectivity index (χ3v) is 4.39. The van der Waals surface area contributed by atoms with Crippen LogP contribution in [0.4, 0.5) is 5.82 Å². The summed E-state index contributed by atoms with van der Waals surface area (Å²) >= 11 is 5.07. The molecule has 5 heteroatoms. The van der Waals surface area contributed by atoms with Gasteiger partial charge in [0.15, 0.2) is 5.78 Å². The largest absolute Gasteiger partial charge is 0.384 e. The van der Waals surface area contributed by atoms with Crippen LogP contribution in [0.3, 0.4) is 0 Å². The minimum Gasteiger partial charge on any atom is -0.384 e. The standard InChI is InChI=1S/C14H13BrN2OS/c1-19-11-4-2-9(3-5-11)14(18)13(15)10-6-7-17-12(16)8-10/h2-8,13H,1H3,(H2,16,17)/t13-/m0/s1. The first-order valence-corrected chi connectivity index (χ1v) is 7.79. The van der Waals surface area contributed by atoms with Crippen LogP contribution in [0, 0.1) is 0 Å². The third-order valence-electron chi connectivity index (χ3n) is 2.70. The second-order valence-corrected chi connectivity index (χ2v) is 5.76. The molecule has 0 radical (unpaired) electrons. The van der Waals surface area contributed by atoms with Gasteiger partial charge in [-0.05, 0) is 36.1 Å². The number of rotatable bonds is 4. The van der Waals surface area contributed by atoms with E-state index in [1.807, 2.05) is 30.5 Å². The molecular formula is C14H13BrN2OS. The molecule has 98 valence electrons. The molecule has 19 heavy (non-hydrogen) atoms. The van der Waals surface area contributed by atoms with E-state index in [0.29, 0.717) is 11.4 Å². The van der Waals surface area contributed by atoms with Crippen molar-refractivity contribution in [3.8, 4) is 0 Å². The Morgan fingerprint density at radius 1 is 1.32 bits per heavy atom. The number of hydrogen-bond donors (Lipinski definition) is 1. The van der Waals surface area contributed by atoms with Crippen molar-refractivity contribution in [2.75, 3.05) is 12.0 Å². The number of ketones is 1. The third kappa shape index (κ3) is 3.36. The van der Waals surface area contributed by atoms with Crippen LogP contribution in [-0.2, 0) is 0 Å². The summed E-state index contributed by atoms with van der Waals surface area (Å²) in [5.74, 6) is 0.422. The Kier molecular flexibility index (Phi) is 4.61. The highest BCUT2D eigenvalue weighted by Crippen LogP contribution is 2.28. The topological polar surface area (TPSA) is 56.0 Å². The number of anilines is 1. The highest BCUT2D eigenvalue weighted by molar-refractivity contribution is 9.09. The van der Waals surface area contributed by atoms with Gasteiger partial charge in [0, 0.05) is 16.7 Å². The van der Waals surface area contributed by atoms with Crippen LogP contribution in [0.2, 0.25) is 0 Å². The van der Waals surface area contributed by atoms with Crippen molar-refractivity contribution in [2.45, 2.75) is 9.72 Å². The summed E-state index contributed by atoms with van der Waals surface area (Å²) in [5, 5.41) is 0. The molecule has 0 aliphatic rings. The van der Waals surface area contributed by atoms with Gasteiger partial charge in [0.25, 0.3) is 0 Å². The molecule has 0 fully saturated rings. The molecule has 0 spiro atoms. The van der Waals surface area contributed by atoms with E-state index in [-0.39, 0.29) is 5.78 Å². The van der Waals surface area contributed by atoms with E-state index in [1.165, 1.54) is 0 Å². The maximum Gasteiger partial charge on any atom is 0.180 e. The van der Waals surface area contributed by atoms with E-state index in [0.717, 1.165) is 10.5 Å². The molecule has 1 aromatic carbocycles. The van der Waals surface area contributed by atoms with Gasteiger partial charge >= 0.3 is 0 Å². The van der Waals surface area contributed by atoms with Gasteiger partial charge in [0.05, 0.1) is 0 Å². The molecule has 3 nitrogen and oxygen atoms in total. The smallest absolute Gasteiger partial charge is 0.180 e. The van der Waals surface area contributed by atoms with Gasteiger partial charge in [-0.2, -0.15) is 0 Å². The number of alkyl halides is 1. The van der Waals surface area contributed by atoms with E-state index in [9.17, 15) is 4.79 Å². The van der Waals surface area contributed by atoms with Gasteiger partial charge in [-0.1, -0.05) is 28.1 Å². The fraction of sp³-hybridized carbons (Fsp3) is 0.143. The van der Waals surface area contributed by atoms with Crippen molar-refractivity contribution in [3.05, 3.63) is 53.7 Å². The second-order valence-electron chi connectivity index (χ2n) is 3.97. The number of carbonyl (C=O) groups is 1. The molecule has 0 saturated carbocycles. The lowest BCUT2D eigenvalue weighted by atomic mass is 10.0. The van der Waals surface area contributed by atoms with Gasteiger partial charge in [-0.25, -0.2) is 4.98 Å². The summed E-state index contributed by atoms with van der Waals surface area (Å²) in [7, 11) is 0. The first-order chi connectivity index (χ1) is 9.11. The quantitative estimate of drug-likeness (QED) is 0.525. The average Bonchev–Trinajstić information content (AvgIpc) is 2.46. The zero-order valence-corrected chi connectivity index (χ0v) is 12.7. The first-order valence-electron chi connectivity index (χ1n) is 5.65. The molecule has 0 saturated heterocycles. The number of hydrogen-bond acceptors (Lipinski definition) is 4. The van der Waals surface area contributed by atoms with Crippen molar-refractivity contribution in [1.82, 2.24) is 4.98 Å². The Morgan fingerprint density at radius 2 is 2.00 bits per heavy atom. The molecule has 0 amide bonds. The Morgan fingerprint density at radius 3 is 2.58 bits per heavy atom. The number of nitrogens with two attached hydrogens (primary N) is 1. The summed E-state index contributed by atoms with van der Waals surface area (Å²) in [4.78, 5) is 17.0. The van der Waals surface area contributed by atoms with Crippen LogP contribution in [0.25, 0.3) is 0 Å². The van der Waals surface area contributed by atoms with Crippen LogP contribution in [0.15, 0.2) is 47.5 Å². The number of halogens is 1. The maximum atomic E-state index is 12.3. The lowest BCUT2D eigenvalue weighted by molar-refractivity contribution is 0.0991. The maximum absolute atomic E-state index is 12.3. The number of thioether (sulfide) groups is 1. The van der Waals surface area contributed by atoms with Crippen molar-refractivity contribution in [3.63, 3.8) is 0 Å². The summed E-state index contributed by atoms with van der Waals surface area (Å²) in [5.41, 5.74) is 7.11. The molecule has 2 N–H and O–H groups in total. The lowest BCUT2D eigenvalue weighted by Crippen LogP contribution is -2.07. The second kappa shape index (κ2) is 6.21. The van der Waals surface area contributed by atoms with E-state index >= 15 is 0 Å². The van der Waals surface area contributed by atoms with Crippen molar-refractivity contribution in [1.29, 1.82) is 0 Å².